The Labute approximate surface area is 84.4 Å². The van der Waals surface area contributed by atoms with Gasteiger partial charge in [0.25, 0.3) is 0 Å². The molecule has 4 nitrogen and oxygen atoms in total. The van der Waals surface area contributed by atoms with E-state index >= 15 is 0 Å². The number of hydrogen-bond acceptors (Lipinski definition) is 3. The van der Waals surface area contributed by atoms with Crippen LogP contribution < -0.4 is 10.6 Å². The van der Waals surface area contributed by atoms with Crippen LogP contribution in [0.3, 0.4) is 0 Å². The molecule has 4 heteroatoms. The van der Waals surface area contributed by atoms with Crippen molar-refractivity contribution in [1.29, 1.82) is 0 Å². The van der Waals surface area contributed by atoms with E-state index in [2.05, 4.69) is 10.6 Å². The van der Waals surface area contributed by atoms with E-state index in [1.165, 1.54) is 12.8 Å². The Morgan fingerprint density at radius 3 is 2.86 bits per heavy atom. The van der Waals surface area contributed by atoms with E-state index in [0.29, 0.717) is 19.1 Å². The first kappa shape index (κ1) is 9.93. The molecule has 2 rings (SSSR count). The predicted octanol–water partition coefficient (Wildman–Crippen LogP) is 0.0336. The lowest BCUT2D eigenvalue weighted by Gasteiger charge is -2.10. The summed E-state index contributed by atoms with van der Waals surface area (Å²) in [6.07, 6.45) is 4.90. The lowest BCUT2D eigenvalue weighted by Crippen LogP contribution is -2.38. The Morgan fingerprint density at radius 2 is 2.21 bits per heavy atom. The van der Waals surface area contributed by atoms with E-state index in [1.807, 2.05) is 0 Å². The maximum Gasteiger partial charge on any atom is 0.234 e. The molecule has 1 saturated heterocycles. The molecule has 1 aliphatic carbocycles. The van der Waals surface area contributed by atoms with Gasteiger partial charge in [-0.1, -0.05) is 0 Å². The number of hydrogen-bond donors (Lipinski definition) is 2. The number of carbonyl (C=O) groups excluding carboxylic acids is 1. The third kappa shape index (κ3) is 3.27. The number of ether oxygens (including phenoxy) is 1. The van der Waals surface area contributed by atoms with Crippen molar-refractivity contribution in [3.8, 4) is 0 Å². The highest BCUT2D eigenvalue weighted by atomic mass is 16.5. The summed E-state index contributed by atoms with van der Waals surface area (Å²) >= 11 is 0. The summed E-state index contributed by atoms with van der Waals surface area (Å²) in [6.45, 7) is 1.98. The van der Waals surface area contributed by atoms with Crippen LogP contribution in [0.1, 0.15) is 25.7 Å². The SMILES string of the molecule is O=C(CNC1CC1)NCC1CCCO1. The average Bonchev–Trinajstić information content (AvgIpc) is 2.87. The van der Waals surface area contributed by atoms with E-state index in [0.717, 1.165) is 19.4 Å². The molecule has 1 atom stereocenters. The lowest BCUT2D eigenvalue weighted by atomic mass is 10.2. The molecule has 1 amide bonds. The van der Waals surface area contributed by atoms with Crippen molar-refractivity contribution >= 4 is 5.91 Å². The molecular weight excluding hydrogens is 180 g/mol. The summed E-state index contributed by atoms with van der Waals surface area (Å²) in [7, 11) is 0. The molecule has 1 unspecified atom stereocenters. The van der Waals surface area contributed by atoms with Crippen LogP contribution in [0.2, 0.25) is 0 Å². The van der Waals surface area contributed by atoms with Crippen LogP contribution in [0.15, 0.2) is 0 Å². The van der Waals surface area contributed by atoms with Crippen molar-refractivity contribution in [2.75, 3.05) is 19.7 Å². The maximum atomic E-state index is 11.3. The minimum Gasteiger partial charge on any atom is -0.376 e. The fraction of sp³-hybridized carbons (Fsp3) is 0.900. The van der Waals surface area contributed by atoms with E-state index in [-0.39, 0.29) is 12.0 Å². The molecule has 0 aromatic rings. The topological polar surface area (TPSA) is 50.4 Å². The summed E-state index contributed by atoms with van der Waals surface area (Å²) in [5, 5.41) is 6.06. The van der Waals surface area contributed by atoms with Crippen LogP contribution >= 0.6 is 0 Å². The van der Waals surface area contributed by atoms with Gasteiger partial charge in [-0.15, -0.1) is 0 Å². The van der Waals surface area contributed by atoms with E-state index in [4.69, 9.17) is 4.74 Å². The minimum atomic E-state index is 0.0902. The van der Waals surface area contributed by atoms with Crippen molar-refractivity contribution in [1.82, 2.24) is 10.6 Å². The largest absolute Gasteiger partial charge is 0.376 e. The summed E-state index contributed by atoms with van der Waals surface area (Å²) in [6, 6.07) is 0.600. The van der Waals surface area contributed by atoms with Crippen LogP contribution in [0.4, 0.5) is 0 Å². The first-order chi connectivity index (χ1) is 6.84. The number of amides is 1. The molecule has 2 N–H and O–H groups in total. The second kappa shape index (κ2) is 4.75. The van der Waals surface area contributed by atoms with Crippen molar-refractivity contribution in [3.63, 3.8) is 0 Å². The maximum absolute atomic E-state index is 11.3. The van der Waals surface area contributed by atoms with Gasteiger partial charge in [-0.05, 0) is 25.7 Å². The van der Waals surface area contributed by atoms with Crippen LogP contribution in [-0.4, -0.2) is 37.7 Å². The Hall–Kier alpha value is -0.610. The third-order valence-corrected chi connectivity index (χ3v) is 2.68. The van der Waals surface area contributed by atoms with Crippen molar-refractivity contribution in [3.05, 3.63) is 0 Å². The van der Waals surface area contributed by atoms with Gasteiger partial charge in [0, 0.05) is 19.2 Å². The lowest BCUT2D eigenvalue weighted by molar-refractivity contribution is -0.120. The molecule has 0 spiro atoms. The van der Waals surface area contributed by atoms with Crippen molar-refractivity contribution < 1.29 is 9.53 Å². The molecule has 1 heterocycles. The quantitative estimate of drug-likeness (QED) is 0.655. The fourth-order valence-corrected chi connectivity index (χ4v) is 1.62. The number of nitrogens with one attached hydrogen (secondary N) is 2. The van der Waals surface area contributed by atoms with Gasteiger partial charge in [0.2, 0.25) is 5.91 Å². The number of carbonyl (C=O) groups is 1. The van der Waals surface area contributed by atoms with Gasteiger partial charge in [0.1, 0.15) is 0 Å². The van der Waals surface area contributed by atoms with Gasteiger partial charge in [0.05, 0.1) is 12.6 Å². The molecule has 14 heavy (non-hydrogen) atoms. The van der Waals surface area contributed by atoms with Gasteiger partial charge in [0.15, 0.2) is 0 Å². The smallest absolute Gasteiger partial charge is 0.234 e. The number of rotatable bonds is 5. The molecule has 80 valence electrons. The summed E-state index contributed by atoms with van der Waals surface area (Å²) in [5.41, 5.74) is 0. The molecule has 2 fully saturated rings. The van der Waals surface area contributed by atoms with Crippen LogP contribution in [0, 0.1) is 0 Å². The van der Waals surface area contributed by atoms with Gasteiger partial charge in [-0.3, -0.25) is 4.79 Å². The van der Waals surface area contributed by atoms with Crippen LogP contribution in [0.5, 0.6) is 0 Å². The molecule has 0 radical (unpaired) electrons. The zero-order valence-electron chi connectivity index (χ0n) is 8.42. The predicted molar refractivity (Wildman–Crippen MR) is 53.0 cm³/mol. The zero-order chi connectivity index (χ0) is 9.80. The Kier molecular flexibility index (Phi) is 3.37. The van der Waals surface area contributed by atoms with Gasteiger partial charge >= 0.3 is 0 Å². The van der Waals surface area contributed by atoms with Gasteiger partial charge < -0.3 is 15.4 Å². The second-order valence-electron chi connectivity index (χ2n) is 4.09. The third-order valence-electron chi connectivity index (χ3n) is 2.68. The first-order valence-corrected chi connectivity index (χ1v) is 5.46. The average molecular weight is 198 g/mol. The van der Waals surface area contributed by atoms with Crippen LogP contribution in [-0.2, 0) is 9.53 Å². The Bertz CT molecular complexity index is 198. The summed E-state index contributed by atoms with van der Waals surface area (Å²) in [5.74, 6) is 0.0902. The first-order valence-electron chi connectivity index (χ1n) is 5.46. The molecule has 1 aliphatic heterocycles. The van der Waals surface area contributed by atoms with Crippen molar-refractivity contribution in [2.24, 2.45) is 0 Å². The monoisotopic (exact) mass is 198 g/mol. The normalized spacial score (nSPS) is 26.4. The minimum absolute atomic E-state index is 0.0902. The molecular formula is C10H18N2O2. The Balaban J connectivity index is 1.52. The van der Waals surface area contributed by atoms with E-state index < -0.39 is 0 Å². The standard InChI is InChI=1S/C10H18N2O2/c13-10(7-11-8-3-4-8)12-6-9-2-1-5-14-9/h8-9,11H,1-7H2,(H,12,13). The molecule has 0 bridgehead atoms. The Morgan fingerprint density at radius 1 is 1.36 bits per heavy atom. The van der Waals surface area contributed by atoms with Crippen molar-refractivity contribution in [2.45, 2.75) is 37.8 Å². The molecule has 1 saturated carbocycles. The summed E-state index contributed by atoms with van der Waals surface area (Å²) < 4.78 is 5.41. The highest BCUT2D eigenvalue weighted by Gasteiger charge is 2.21. The molecule has 0 aromatic heterocycles. The van der Waals surface area contributed by atoms with Gasteiger partial charge in [-0.25, -0.2) is 0 Å². The highest BCUT2D eigenvalue weighted by molar-refractivity contribution is 5.78. The van der Waals surface area contributed by atoms with Crippen LogP contribution in [0.25, 0.3) is 0 Å². The van der Waals surface area contributed by atoms with E-state index in [9.17, 15) is 4.79 Å². The summed E-state index contributed by atoms with van der Waals surface area (Å²) in [4.78, 5) is 11.3. The van der Waals surface area contributed by atoms with Gasteiger partial charge in [-0.2, -0.15) is 0 Å². The zero-order valence-corrected chi connectivity index (χ0v) is 8.42. The highest BCUT2D eigenvalue weighted by Crippen LogP contribution is 2.17. The molecule has 2 aliphatic rings. The second-order valence-corrected chi connectivity index (χ2v) is 4.09. The fourth-order valence-electron chi connectivity index (χ4n) is 1.62. The van der Waals surface area contributed by atoms with E-state index in [1.54, 1.807) is 0 Å². The molecule has 0 aromatic carbocycles.